The molecule has 3 heterocycles. The molecule has 0 spiro atoms. The third kappa shape index (κ3) is 4.34. The molecular formula is C20H26N4O4. The van der Waals surface area contributed by atoms with E-state index in [-0.39, 0.29) is 11.8 Å². The summed E-state index contributed by atoms with van der Waals surface area (Å²) < 4.78 is 15.9. The van der Waals surface area contributed by atoms with E-state index in [9.17, 15) is 4.79 Å². The van der Waals surface area contributed by atoms with Crippen molar-refractivity contribution in [1.29, 1.82) is 0 Å². The minimum absolute atomic E-state index is 0.128. The summed E-state index contributed by atoms with van der Waals surface area (Å²) in [7, 11) is 1.64. The number of hydrogen-bond donors (Lipinski definition) is 0. The van der Waals surface area contributed by atoms with Crippen LogP contribution in [0.3, 0.4) is 0 Å². The molecule has 2 aliphatic rings. The number of hydrogen-bond acceptors (Lipinski definition) is 7. The topological polar surface area (TPSA) is 80.9 Å². The summed E-state index contributed by atoms with van der Waals surface area (Å²) in [5.41, 5.74) is 0.891. The zero-order valence-corrected chi connectivity index (χ0v) is 16.2. The highest BCUT2D eigenvalue weighted by molar-refractivity contribution is 5.79. The van der Waals surface area contributed by atoms with Gasteiger partial charge in [-0.1, -0.05) is 5.16 Å². The smallest absolute Gasteiger partial charge is 0.241 e. The molecule has 4 rings (SSSR count). The molecule has 2 saturated heterocycles. The van der Waals surface area contributed by atoms with Gasteiger partial charge in [-0.05, 0) is 37.1 Å². The SMILES string of the molecule is COc1ccc(-c2noc(CN3CCN(C(=O)C4CCOCC4)CC3)n2)cc1. The summed E-state index contributed by atoms with van der Waals surface area (Å²) in [4.78, 5) is 21.4. The molecule has 0 aliphatic carbocycles. The van der Waals surface area contributed by atoms with Crippen molar-refractivity contribution in [1.82, 2.24) is 19.9 Å². The third-order valence-electron chi connectivity index (χ3n) is 5.43. The first-order chi connectivity index (χ1) is 13.7. The lowest BCUT2D eigenvalue weighted by Gasteiger charge is -2.36. The minimum atomic E-state index is 0.128. The van der Waals surface area contributed by atoms with Crippen molar-refractivity contribution in [3.63, 3.8) is 0 Å². The molecular weight excluding hydrogens is 360 g/mol. The fourth-order valence-corrected chi connectivity index (χ4v) is 3.70. The number of aromatic nitrogens is 2. The van der Waals surface area contributed by atoms with E-state index in [0.717, 1.165) is 50.3 Å². The van der Waals surface area contributed by atoms with E-state index in [1.54, 1.807) is 7.11 Å². The van der Waals surface area contributed by atoms with E-state index in [1.165, 1.54) is 0 Å². The number of piperazine rings is 1. The number of benzene rings is 1. The molecule has 0 atom stereocenters. The van der Waals surface area contributed by atoms with Crippen LogP contribution in [0, 0.1) is 5.92 Å². The molecule has 28 heavy (non-hydrogen) atoms. The Kier molecular flexibility index (Phi) is 5.87. The summed E-state index contributed by atoms with van der Waals surface area (Å²) in [6.45, 7) is 5.12. The third-order valence-corrected chi connectivity index (χ3v) is 5.43. The molecule has 0 bridgehead atoms. The maximum Gasteiger partial charge on any atom is 0.241 e. The lowest BCUT2D eigenvalue weighted by molar-refractivity contribution is -0.140. The van der Waals surface area contributed by atoms with Crippen molar-refractivity contribution in [3.8, 4) is 17.1 Å². The van der Waals surface area contributed by atoms with Crippen LogP contribution in [0.25, 0.3) is 11.4 Å². The van der Waals surface area contributed by atoms with E-state index in [0.29, 0.717) is 31.5 Å². The first-order valence-corrected chi connectivity index (χ1v) is 9.79. The maximum atomic E-state index is 12.6. The maximum absolute atomic E-state index is 12.6. The van der Waals surface area contributed by atoms with Gasteiger partial charge in [-0.3, -0.25) is 9.69 Å². The number of nitrogens with zero attached hydrogens (tertiary/aromatic N) is 4. The van der Waals surface area contributed by atoms with Crippen LogP contribution in [-0.2, 0) is 16.1 Å². The predicted molar refractivity (Wildman–Crippen MR) is 102 cm³/mol. The number of methoxy groups -OCH3 is 1. The lowest BCUT2D eigenvalue weighted by Crippen LogP contribution is -2.50. The van der Waals surface area contributed by atoms with Gasteiger partial charge in [0.25, 0.3) is 0 Å². The van der Waals surface area contributed by atoms with E-state index in [1.807, 2.05) is 29.2 Å². The Labute approximate surface area is 164 Å². The Balaban J connectivity index is 1.29. The van der Waals surface area contributed by atoms with Crippen LogP contribution in [-0.4, -0.2) is 72.4 Å². The van der Waals surface area contributed by atoms with Gasteiger partial charge in [0, 0.05) is 50.9 Å². The molecule has 1 aromatic carbocycles. The molecule has 8 heteroatoms. The highest BCUT2D eigenvalue weighted by Crippen LogP contribution is 2.21. The van der Waals surface area contributed by atoms with Gasteiger partial charge in [-0.15, -0.1) is 0 Å². The van der Waals surface area contributed by atoms with Gasteiger partial charge < -0.3 is 18.9 Å². The van der Waals surface area contributed by atoms with Gasteiger partial charge in [-0.25, -0.2) is 0 Å². The van der Waals surface area contributed by atoms with Gasteiger partial charge in [0.2, 0.25) is 17.6 Å². The quantitative estimate of drug-likeness (QED) is 0.775. The second-order valence-electron chi connectivity index (χ2n) is 7.23. The zero-order valence-electron chi connectivity index (χ0n) is 16.2. The van der Waals surface area contributed by atoms with Crippen molar-refractivity contribution in [2.75, 3.05) is 46.5 Å². The van der Waals surface area contributed by atoms with E-state index >= 15 is 0 Å². The van der Waals surface area contributed by atoms with Gasteiger partial charge in [0.05, 0.1) is 13.7 Å². The van der Waals surface area contributed by atoms with Crippen LogP contribution in [0.15, 0.2) is 28.8 Å². The summed E-state index contributed by atoms with van der Waals surface area (Å²) >= 11 is 0. The van der Waals surface area contributed by atoms with Crippen LogP contribution in [0.5, 0.6) is 5.75 Å². The molecule has 0 unspecified atom stereocenters. The number of carbonyl (C=O) groups excluding carboxylic acids is 1. The van der Waals surface area contributed by atoms with Crippen molar-refractivity contribution >= 4 is 5.91 Å². The molecule has 2 aromatic rings. The molecule has 0 N–H and O–H groups in total. The fraction of sp³-hybridized carbons (Fsp3) is 0.550. The Morgan fingerprint density at radius 3 is 2.54 bits per heavy atom. The largest absolute Gasteiger partial charge is 0.497 e. The molecule has 1 amide bonds. The van der Waals surface area contributed by atoms with Gasteiger partial charge >= 0.3 is 0 Å². The monoisotopic (exact) mass is 386 g/mol. The van der Waals surface area contributed by atoms with E-state index in [4.69, 9.17) is 14.0 Å². The van der Waals surface area contributed by atoms with E-state index < -0.39 is 0 Å². The molecule has 8 nitrogen and oxygen atoms in total. The minimum Gasteiger partial charge on any atom is -0.497 e. The second kappa shape index (κ2) is 8.70. The van der Waals surface area contributed by atoms with Crippen LogP contribution >= 0.6 is 0 Å². The van der Waals surface area contributed by atoms with Crippen molar-refractivity contribution in [2.24, 2.45) is 5.92 Å². The summed E-state index contributed by atoms with van der Waals surface area (Å²) in [5.74, 6) is 2.37. The Morgan fingerprint density at radius 1 is 1.14 bits per heavy atom. The summed E-state index contributed by atoms with van der Waals surface area (Å²) in [6, 6.07) is 7.57. The number of amides is 1. The molecule has 150 valence electrons. The van der Waals surface area contributed by atoms with Crippen LogP contribution < -0.4 is 4.74 Å². The Morgan fingerprint density at radius 2 is 1.86 bits per heavy atom. The molecule has 2 aliphatic heterocycles. The van der Waals surface area contributed by atoms with Crippen LogP contribution in [0.2, 0.25) is 0 Å². The highest BCUT2D eigenvalue weighted by atomic mass is 16.5. The molecule has 2 fully saturated rings. The van der Waals surface area contributed by atoms with Crippen LogP contribution in [0.1, 0.15) is 18.7 Å². The average molecular weight is 386 g/mol. The predicted octanol–water partition coefficient (Wildman–Crippen LogP) is 1.82. The number of ether oxygens (including phenoxy) is 2. The molecule has 0 saturated carbocycles. The molecule has 1 aromatic heterocycles. The fourth-order valence-electron chi connectivity index (χ4n) is 3.70. The first-order valence-electron chi connectivity index (χ1n) is 9.79. The Bertz CT molecular complexity index is 778. The van der Waals surface area contributed by atoms with Crippen molar-refractivity contribution in [3.05, 3.63) is 30.2 Å². The lowest BCUT2D eigenvalue weighted by atomic mass is 9.98. The highest BCUT2D eigenvalue weighted by Gasteiger charge is 2.29. The summed E-state index contributed by atoms with van der Waals surface area (Å²) in [6.07, 6.45) is 1.68. The van der Waals surface area contributed by atoms with Crippen LogP contribution in [0.4, 0.5) is 0 Å². The first kappa shape index (κ1) is 18.9. The van der Waals surface area contributed by atoms with Crippen molar-refractivity contribution in [2.45, 2.75) is 19.4 Å². The Hall–Kier alpha value is -2.45. The molecule has 0 radical (unpaired) electrons. The van der Waals surface area contributed by atoms with Gasteiger partial charge in [-0.2, -0.15) is 4.98 Å². The second-order valence-corrected chi connectivity index (χ2v) is 7.23. The summed E-state index contributed by atoms with van der Waals surface area (Å²) in [5, 5.41) is 4.08. The van der Waals surface area contributed by atoms with Crippen molar-refractivity contribution < 1.29 is 18.8 Å². The van der Waals surface area contributed by atoms with Gasteiger partial charge in [0.15, 0.2) is 0 Å². The number of rotatable bonds is 5. The number of carbonyl (C=O) groups is 1. The standard InChI is InChI=1S/C20H26N4O4/c1-26-17-4-2-15(3-5-17)19-21-18(28-22-19)14-23-8-10-24(11-9-23)20(25)16-6-12-27-13-7-16/h2-5,16H,6-14H2,1H3. The zero-order chi connectivity index (χ0) is 19.3. The van der Waals surface area contributed by atoms with Gasteiger partial charge in [0.1, 0.15) is 5.75 Å². The van der Waals surface area contributed by atoms with E-state index in [2.05, 4.69) is 15.0 Å². The normalized spacial score (nSPS) is 19.0. The average Bonchev–Trinajstić information content (AvgIpc) is 3.23.